The third-order valence-electron chi connectivity index (χ3n) is 2.39. The van der Waals surface area contributed by atoms with Crippen LogP contribution in [0, 0.1) is 0 Å². The number of carboxylic acid groups (broad SMARTS) is 1. The summed E-state index contributed by atoms with van der Waals surface area (Å²) < 4.78 is 26.2. The lowest BCUT2D eigenvalue weighted by Crippen LogP contribution is -2.22. The molecule has 0 aliphatic carbocycles. The third-order valence-corrected chi connectivity index (χ3v) is 3.77. The van der Waals surface area contributed by atoms with Crippen molar-refractivity contribution in [3.05, 3.63) is 48.0 Å². The van der Waals surface area contributed by atoms with Crippen molar-refractivity contribution < 1.29 is 18.3 Å². The van der Waals surface area contributed by atoms with Crippen molar-refractivity contribution in [1.29, 1.82) is 0 Å². The molecule has 0 fully saturated rings. The molecule has 0 unspecified atom stereocenters. The summed E-state index contributed by atoms with van der Waals surface area (Å²) in [5.74, 6) is -1.21. The molecule has 2 heterocycles. The summed E-state index contributed by atoms with van der Waals surface area (Å²) in [5, 5.41) is 8.72. The standard InChI is InChI=1S/C11H11N3O4S/c15-11(16)10-4-9(7-13-10)19(17,18)14-6-8-2-1-3-12-5-8/h1-5,7,13-14H,6H2,(H,15,16). The first-order valence-corrected chi connectivity index (χ1v) is 6.77. The SMILES string of the molecule is O=C(O)c1cc(S(=O)(=O)NCc2cccnc2)c[nH]1. The van der Waals surface area contributed by atoms with Gasteiger partial charge in [0.1, 0.15) is 10.6 Å². The van der Waals surface area contributed by atoms with Gasteiger partial charge in [-0.15, -0.1) is 0 Å². The third kappa shape index (κ3) is 3.18. The van der Waals surface area contributed by atoms with Crippen molar-refractivity contribution >= 4 is 16.0 Å². The van der Waals surface area contributed by atoms with Crippen LogP contribution in [-0.2, 0) is 16.6 Å². The van der Waals surface area contributed by atoms with E-state index >= 15 is 0 Å². The Morgan fingerprint density at radius 3 is 2.84 bits per heavy atom. The van der Waals surface area contributed by atoms with Crippen LogP contribution in [0.5, 0.6) is 0 Å². The normalized spacial score (nSPS) is 11.4. The smallest absolute Gasteiger partial charge is 0.352 e. The monoisotopic (exact) mass is 281 g/mol. The van der Waals surface area contributed by atoms with E-state index in [9.17, 15) is 13.2 Å². The number of nitrogens with one attached hydrogen (secondary N) is 2. The van der Waals surface area contributed by atoms with Crippen LogP contribution >= 0.6 is 0 Å². The maximum atomic E-state index is 11.9. The van der Waals surface area contributed by atoms with Gasteiger partial charge in [-0.25, -0.2) is 17.9 Å². The highest BCUT2D eigenvalue weighted by atomic mass is 32.2. The largest absolute Gasteiger partial charge is 0.477 e. The number of H-pyrrole nitrogens is 1. The summed E-state index contributed by atoms with van der Waals surface area (Å²) in [7, 11) is -3.74. The van der Waals surface area contributed by atoms with Crippen molar-refractivity contribution in [3.8, 4) is 0 Å². The topological polar surface area (TPSA) is 112 Å². The number of carboxylic acids is 1. The molecular weight excluding hydrogens is 270 g/mol. The van der Waals surface area contributed by atoms with E-state index in [2.05, 4.69) is 14.7 Å². The van der Waals surface area contributed by atoms with Crippen LogP contribution in [0.1, 0.15) is 16.1 Å². The van der Waals surface area contributed by atoms with E-state index in [0.717, 1.165) is 12.3 Å². The molecule has 0 amide bonds. The van der Waals surface area contributed by atoms with E-state index in [-0.39, 0.29) is 17.1 Å². The Balaban J connectivity index is 2.12. The number of pyridine rings is 1. The summed E-state index contributed by atoms with van der Waals surface area (Å²) in [6.45, 7) is 0.0871. The second kappa shape index (κ2) is 5.21. The number of sulfonamides is 1. The first-order chi connectivity index (χ1) is 8.99. The molecule has 0 radical (unpaired) electrons. The number of hydrogen-bond acceptors (Lipinski definition) is 4. The van der Waals surface area contributed by atoms with Gasteiger partial charge in [0.15, 0.2) is 0 Å². The maximum Gasteiger partial charge on any atom is 0.352 e. The number of nitrogens with zero attached hydrogens (tertiary/aromatic N) is 1. The minimum Gasteiger partial charge on any atom is -0.477 e. The van der Waals surface area contributed by atoms with Gasteiger partial charge in [-0.05, 0) is 17.7 Å². The summed E-state index contributed by atoms with van der Waals surface area (Å²) in [4.78, 5) is 16.8. The lowest BCUT2D eigenvalue weighted by molar-refractivity contribution is 0.0691. The van der Waals surface area contributed by atoms with Gasteiger partial charge in [-0.1, -0.05) is 6.07 Å². The summed E-state index contributed by atoms with van der Waals surface area (Å²) in [6, 6.07) is 4.49. The van der Waals surface area contributed by atoms with Gasteiger partial charge in [0.05, 0.1) is 0 Å². The molecule has 3 N–H and O–H groups in total. The second-order valence-electron chi connectivity index (χ2n) is 3.74. The van der Waals surface area contributed by atoms with Crippen molar-refractivity contribution in [2.75, 3.05) is 0 Å². The molecule has 2 rings (SSSR count). The maximum absolute atomic E-state index is 11.9. The Hall–Kier alpha value is -2.19. The van der Waals surface area contributed by atoms with E-state index in [1.807, 2.05) is 0 Å². The first kappa shape index (κ1) is 13.2. The number of hydrogen-bond donors (Lipinski definition) is 3. The lowest BCUT2D eigenvalue weighted by Gasteiger charge is -2.04. The molecule has 7 nitrogen and oxygen atoms in total. The predicted molar refractivity (Wildman–Crippen MR) is 66.0 cm³/mol. The average Bonchev–Trinajstić information content (AvgIpc) is 2.88. The molecule has 0 aromatic carbocycles. The zero-order chi connectivity index (χ0) is 13.9. The quantitative estimate of drug-likeness (QED) is 0.742. The fraction of sp³-hybridized carbons (Fsp3) is 0.0909. The van der Waals surface area contributed by atoms with Gasteiger partial charge >= 0.3 is 5.97 Å². The molecule has 2 aromatic rings. The molecule has 0 spiro atoms. The molecule has 0 aliphatic heterocycles. The van der Waals surface area contributed by atoms with Crippen LogP contribution in [0.3, 0.4) is 0 Å². The molecule has 100 valence electrons. The molecule has 0 bridgehead atoms. The summed E-state index contributed by atoms with van der Waals surface area (Å²) in [6.07, 6.45) is 4.26. The van der Waals surface area contributed by atoms with Crippen LogP contribution < -0.4 is 4.72 Å². The van der Waals surface area contributed by atoms with E-state index in [0.29, 0.717) is 5.56 Å². The Labute approximate surface area is 109 Å². The van der Waals surface area contributed by atoms with Crippen LogP contribution in [-0.4, -0.2) is 29.5 Å². The van der Waals surface area contributed by atoms with Crippen molar-refractivity contribution in [3.63, 3.8) is 0 Å². The van der Waals surface area contributed by atoms with Crippen molar-refractivity contribution in [1.82, 2.24) is 14.7 Å². The molecule has 0 aliphatic rings. The highest BCUT2D eigenvalue weighted by Crippen LogP contribution is 2.11. The van der Waals surface area contributed by atoms with Crippen LogP contribution in [0.25, 0.3) is 0 Å². The van der Waals surface area contributed by atoms with Crippen LogP contribution in [0.2, 0.25) is 0 Å². The molecule has 0 saturated carbocycles. The fourth-order valence-corrected chi connectivity index (χ4v) is 2.43. The summed E-state index contributed by atoms with van der Waals surface area (Å²) in [5.41, 5.74) is 0.529. The second-order valence-corrected chi connectivity index (χ2v) is 5.51. The summed E-state index contributed by atoms with van der Waals surface area (Å²) >= 11 is 0. The molecular formula is C11H11N3O4S. The van der Waals surface area contributed by atoms with Gasteiger partial charge in [0.2, 0.25) is 10.0 Å². The van der Waals surface area contributed by atoms with E-state index in [4.69, 9.17) is 5.11 Å². The van der Waals surface area contributed by atoms with E-state index in [1.165, 1.54) is 0 Å². The van der Waals surface area contributed by atoms with Gasteiger partial charge < -0.3 is 10.1 Å². The van der Waals surface area contributed by atoms with Crippen molar-refractivity contribution in [2.45, 2.75) is 11.4 Å². The highest BCUT2D eigenvalue weighted by molar-refractivity contribution is 7.89. The number of rotatable bonds is 5. The van der Waals surface area contributed by atoms with Crippen molar-refractivity contribution in [2.24, 2.45) is 0 Å². The van der Waals surface area contributed by atoms with Gasteiger partial charge in [0.25, 0.3) is 0 Å². The number of aromatic amines is 1. The minimum absolute atomic E-state index is 0.0871. The first-order valence-electron chi connectivity index (χ1n) is 5.29. The molecule has 0 atom stereocenters. The van der Waals surface area contributed by atoms with Gasteiger partial charge in [-0.2, -0.15) is 0 Å². The van der Waals surface area contributed by atoms with E-state index < -0.39 is 16.0 Å². The lowest BCUT2D eigenvalue weighted by atomic mass is 10.3. The molecule has 19 heavy (non-hydrogen) atoms. The average molecular weight is 281 g/mol. The minimum atomic E-state index is -3.74. The predicted octanol–water partition coefficient (Wildman–Crippen LogP) is 0.586. The molecule has 2 aromatic heterocycles. The Kier molecular flexibility index (Phi) is 3.63. The number of aromatic nitrogens is 2. The van der Waals surface area contributed by atoms with Crippen LogP contribution in [0.4, 0.5) is 0 Å². The zero-order valence-electron chi connectivity index (χ0n) is 9.70. The molecule has 8 heteroatoms. The van der Waals surface area contributed by atoms with Crippen LogP contribution in [0.15, 0.2) is 41.7 Å². The highest BCUT2D eigenvalue weighted by Gasteiger charge is 2.17. The number of aromatic carboxylic acids is 1. The Morgan fingerprint density at radius 1 is 1.47 bits per heavy atom. The Bertz CT molecular complexity index is 679. The molecule has 0 saturated heterocycles. The zero-order valence-corrected chi connectivity index (χ0v) is 10.5. The number of carbonyl (C=O) groups is 1. The van der Waals surface area contributed by atoms with E-state index in [1.54, 1.807) is 24.5 Å². The van der Waals surface area contributed by atoms with Gasteiger partial charge in [0, 0.05) is 25.1 Å². The Morgan fingerprint density at radius 2 is 2.26 bits per heavy atom. The van der Waals surface area contributed by atoms with Gasteiger partial charge in [-0.3, -0.25) is 4.98 Å². The fourth-order valence-electron chi connectivity index (χ4n) is 1.42.